The van der Waals surface area contributed by atoms with E-state index in [4.69, 9.17) is 0 Å². The highest BCUT2D eigenvalue weighted by atomic mass is 16.4. The monoisotopic (exact) mass is 313 g/mol. The molecule has 0 spiro atoms. The first-order valence-corrected chi connectivity index (χ1v) is 7.68. The molecule has 1 aliphatic rings. The van der Waals surface area contributed by atoms with Crippen LogP contribution in [0.1, 0.15) is 35.7 Å². The summed E-state index contributed by atoms with van der Waals surface area (Å²) in [5.74, 6) is -1.19. The van der Waals surface area contributed by atoms with E-state index < -0.39 is 12.0 Å². The number of carbonyl (C=O) groups excluding carboxylic acids is 1. The van der Waals surface area contributed by atoms with Crippen LogP contribution in [0.2, 0.25) is 0 Å². The highest BCUT2D eigenvalue weighted by molar-refractivity contribution is 5.97. The van der Waals surface area contributed by atoms with Crippen molar-refractivity contribution >= 4 is 11.9 Å². The second-order valence-corrected chi connectivity index (χ2v) is 5.86. The molecular formula is C17H19N3O3. The summed E-state index contributed by atoms with van der Waals surface area (Å²) in [5.41, 5.74) is 1.56. The molecule has 120 valence electrons. The number of hydrogen-bond donors (Lipinski definition) is 1. The van der Waals surface area contributed by atoms with E-state index in [9.17, 15) is 14.7 Å². The molecule has 1 fully saturated rings. The quantitative estimate of drug-likeness (QED) is 0.885. The first-order valence-electron chi connectivity index (χ1n) is 7.68. The zero-order chi connectivity index (χ0) is 16.4. The van der Waals surface area contributed by atoms with Gasteiger partial charge in [0, 0.05) is 24.0 Å². The molecular weight excluding hydrogens is 294 g/mol. The fourth-order valence-corrected chi connectivity index (χ4v) is 2.61. The molecule has 0 radical (unpaired) electrons. The summed E-state index contributed by atoms with van der Waals surface area (Å²) >= 11 is 0. The van der Waals surface area contributed by atoms with E-state index in [1.54, 1.807) is 29.9 Å². The standard InChI is InChI=1S/C17H19N3O3/c1-12(17(22)23)20(15-7-8-15)16(21)14-5-3-13(4-6-14)11-19-10-2-9-18-19/h2-6,9-10,12,15H,7-8,11H2,1H3,(H,22,23). The molecule has 0 aliphatic heterocycles. The Morgan fingerprint density at radius 2 is 2.04 bits per heavy atom. The Hall–Kier alpha value is -2.63. The molecule has 1 aromatic carbocycles. The van der Waals surface area contributed by atoms with Crippen molar-refractivity contribution in [2.24, 2.45) is 0 Å². The molecule has 23 heavy (non-hydrogen) atoms. The number of carboxylic acid groups (broad SMARTS) is 1. The summed E-state index contributed by atoms with van der Waals surface area (Å²) in [4.78, 5) is 25.4. The third-order valence-corrected chi connectivity index (χ3v) is 4.05. The molecule has 1 atom stereocenters. The van der Waals surface area contributed by atoms with Gasteiger partial charge in [-0.15, -0.1) is 0 Å². The lowest BCUT2D eigenvalue weighted by Crippen LogP contribution is -2.44. The van der Waals surface area contributed by atoms with Crippen molar-refractivity contribution < 1.29 is 14.7 Å². The van der Waals surface area contributed by atoms with Crippen LogP contribution in [0.25, 0.3) is 0 Å². The van der Waals surface area contributed by atoms with Crippen molar-refractivity contribution in [3.8, 4) is 0 Å². The Morgan fingerprint density at radius 1 is 1.35 bits per heavy atom. The van der Waals surface area contributed by atoms with Crippen LogP contribution in [0, 0.1) is 0 Å². The van der Waals surface area contributed by atoms with Gasteiger partial charge in [0.05, 0.1) is 6.54 Å². The fraction of sp³-hybridized carbons (Fsp3) is 0.353. The van der Waals surface area contributed by atoms with Gasteiger partial charge in [-0.2, -0.15) is 5.10 Å². The average Bonchev–Trinajstić information content (AvgIpc) is 3.24. The van der Waals surface area contributed by atoms with Gasteiger partial charge < -0.3 is 10.0 Å². The maximum absolute atomic E-state index is 12.6. The third kappa shape index (κ3) is 3.41. The van der Waals surface area contributed by atoms with E-state index in [1.165, 1.54) is 4.90 Å². The number of carbonyl (C=O) groups is 2. The van der Waals surface area contributed by atoms with Gasteiger partial charge in [0.25, 0.3) is 5.91 Å². The van der Waals surface area contributed by atoms with Crippen LogP contribution in [0.3, 0.4) is 0 Å². The third-order valence-electron chi connectivity index (χ3n) is 4.05. The van der Waals surface area contributed by atoms with Gasteiger partial charge in [-0.25, -0.2) is 4.79 Å². The average molecular weight is 313 g/mol. The zero-order valence-corrected chi connectivity index (χ0v) is 12.9. The Morgan fingerprint density at radius 3 is 2.57 bits per heavy atom. The lowest BCUT2D eigenvalue weighted by atomic mass is 10.1. The predicted molar refractivity (Wildman–Crippen MR) is 84.1 cm³/mol. The van der Waals surface area contributed by atoms with E-state index in [0.717, 1.165) is 18.4 Å². The number of carboxylic acids is 1. The van der Waals surface area contributed by atoms with Crippen molar-refractivity contribution in [3.63, 3.8) is 0 Å². The van der Waals surface area contributed by atoms with Crippen molar-refractivity contribution in [1.82, 2.24) is 14.7 Å². The zero-order valence-electron chi connectivity index (χ0n) is 12.9. The fourth-order valence-electron chi connectivity index (χ4n) is 2.61. The number of aromatic nitrogens is 2. The molecule has 1 aliphatic carbocycles. The van der Waals surface area contributed by atoms with E-state index in [1.807, 2.05) is 24.4 Å². The first kappa shape index (κ1) is 15.3. The molecule has 1 saturated carbocycles. The molecule has 6 nitrogen and oxygen atoms in total. The van der Waals surface area contributed by atoms with Crippen LogP contribution in [-0.2, 0) is 11.3 Å². The minimum atomic E-state index is -0.972. The Bertz CT molecular complexity index is 690. The largest absolute Gasteiger partial charge is 0.480 e. The van der Waals surface area contributed by atoms with Gasteiger partial charge in [-0.3, -0.25) is 9.48 Å². The van der Waals surface area contributed by atoms with Crippen molar-refractivity contribution in [2.45, 2.75) is 38.4 Å². The summed E-state index contributed by atoms with van der Waals surface area (Å²) in [6, 6.07) is 8.38. The van der Waals surface area contributed by atoms with E-state index in [2.05, 4.69) is 5.10 Å². The topological polar surface area (TPSA) is 75.4 Å². The van der Waals surface area contributed by atoms with Crippen LogP contribution in [0.15, 0.2) is 42.7 Å². The number of rotatable bonds is 6. The number of hydrogen-bond acceptors (Lipinski definition) is 3. The van der Waals surface area contributed by atoms with Crippen LogP contribution < -0.4 is 0 Å². The van der Waals surface area contributed by atoms with Crippen LogP contribution in [-0.4, -0.2) is 43.7 Å². The van der Waals surface area contributed by atoms with E-state index in [-0.39, 0.29) is 11.9 Å². The van der Waals surface area contributed by atoms with Crippen molar-refractivity contribution in [1.29, 1.82) is 0 Å². The smallest absolute Gasteiger partial charge is 0.326 e. The molecule has 1 unspecified atom stereocenters. The van der Waals surface area contributed by atoms with Crippen molar-refractivity contribution in [2.75, 3.05) is 0 Å². The molecule has 6 heteroatoms. The van der Waals surface area contributed by atoms with Crippen LogP contribution in [0.4, 0.5) is 0 Å². The lowest BCUT2D eigenvalue weighted by Gasteiger charge is -2.26. The predicted octanol–water partition coefficient (Wildman–Crippen LogP) is 2.01. The summed E-state index contributed by atoms with van der Waals surface area (Å²) < 4.78 is 1.81. The lowest BCUT2D eigenvalue weighted by molar-refractivity contribution is -0.141. The van der Waals surface area contributed by atoms with Gasteiger partial charge in [-0.05, 0) is 43.5 Å². The summed E-state index contributed by atoms with van der Waals surface area (Å²) in [6.07, 6.45) is 5.35. The van der Waals surface area contributed by atoms with E-state index in [0.29, 0.717) is 12.1 Å². The molecule has 2 aromatic rings. The van der Waals surface area contributed by atoms with Crippen molar-refractivity contribution in [3.05, 3.63) is 53.9 Å². The number of amides is 1. The normalized spacial score (nSPS) is 15.2. The molecule has 3 rings (SSSR count). The Kier molecular flexibility index (Phi) is 4.14. The van der Waals surface area contributed by atoms with Crippen LogP contribution >= 0.6 is 0 Å². The van der Waals surface area contributed by atoms with Gasteiger partial charge in [-0.1, -0.05) is 12.1 Å². The van der Waals surface area contributed by atoms with E-state index >= 15 is 0 Å². The molecule has 1 amide bonds. The minimum absolute atomic E-state index is 0.0531. The second-order valence-electron chi connectivity index (χ2n) is 5.86. The maximum atomic E-state index is 12.6. The van der Waals surface area contributed by atoms with Gasteiger partial charge in [0.1, 0.15) is 6.04 Å². The summed E-state index contributed by atoms with van der Waals surface area (Å²) in [7, 11) is 0. The molecule has 1 N–H and O–H groups in total. The first-order chi connectivity index (χ1) is 11.1. The second kappa shape index (κ2) is 6.24. The molecule has 0 bridgehead atoms. The molecule has 1 heterocycles. The van der Waals surface area contributed by atoms with Gasteiger partial charge in [0.2, 0.25) is 0 Å². The minimum Gasteiger partial charge on any atom is -0.480 e. The molecule has 1 aromatic heterocycles. The van der Waals surface area contributed by atoms with Crippen LogP contribution in [0.5, 0.6) is 0 Å². The Labute approximate surface area is 134 Å². The summed E-state index contributed by atoms with van der Waals surface area (Å²) in [6.45, 7) is 2.20. The number of aliphatic carboxylic acids is 1. The molecule has 0 saturated heterocycles. The Balaban J connectivity index is 1.74. The highest BCUT2D eigenvalue weighted by Crippen LogP contribution is 2.30. The SMILES string of the molecule is CC(C(=O)O)N(C(=O)c1ccc(Cn2cccn2)cc1)C1CC1. The highest BCUT2D eigenvalue weighted by Gasteiger charge is 2.38. The number of nitrogens with zero attached hydrogens (tertiary/aromatic N) is 3. The van der Waals surface area contributed by atoms with Gasteiger partial charge >= 0.3 is 5.97 Å². The van der Waals surface area contributed by atoms with Gasteiger partial charge in [0.15, 0.2) is 0 Å². The number of benzene rings is 1. The summed E-state index contributed by atoms with van der Waals surface area (Å²) in [5, 5.41) is 13.4. The maximum Gasteiger partial charge on any atom is 0.326 e.